The van der Waals surface area contributed by atoms with Gasteiger partial charge in [0.05, 0.1) is 0 Å². The second-order valence-corrected chi connectivity index (χ2v) is 5.60. The molecule has 0 atom stereocenters. The molecule has 0 amide bonds. The van der Waals surface area contributed by atoms with E-state index < -0.39 is 0 Å². The number of thiocarbonyl (C=S) groups is 1. The van der Waals surface area contributed by atoms with Gasteiger partial charge in [0.2, 0.25) is 0 Å². The molecule has 1 aliphatic rings. The Morgan fingerprint density at radius 1 is 1.24 bits per heavy atom. The molecule has 1 N–H and O–H groups in total. The molecule has 0 spiro atoms. The van der Waals surface area contributed by atoms with Crippen molar-refractivity contribution in [2.75, 3.05) is 32.7 Å². The summed E-state index contributed by atoms with van der Waals surface area (Å²) in [5.74, 6) is -0.181. The lowest BCUT2D eigenvalue weighted by Crippen LogP contribution is -2.41. The molecule has 1 aromatic carbocycles. The topological polar surface area (TPSA) is 18.5 Å². The molecule has 0 unspecified atom stereocenters. The Labute approximate surface area is 131 Å². The van der Waals surface area contributed by atoms with Crippen molar-refractivity contribution < 1.29 is 4.39 Å². The van der Waals surface area contributed by atoms with Crippen molar-refractivity contribution in [2.24, 2.45) is 0 Å². The molecule has 0 bridgehead atoms. The Morgan fingerprint density at radius 2 is 2.00 bits per heavy atom. The van der Waals surface area contributed by atoms with Gasteiger partial charge in [-0.3, -0.25) is 4.90 Å². The summed E-state index contributed by atoms with van der Waals surface area (Å²) in [5.41, 5.74) is 1.15. The minimum Gasteiger partial charge on any atom is -0.359 e. The van der Waals surface area contributed by atoms with E-state index in [-0.39, 0.29) is 5.82 Å². The lowest BCUT2D eigenvalue weighted by Gasteiger charge is -2.24. The van der Waals surface area contributed by atoms with Crippen molar-refractivity contribution in [1.29, 1.82) is 0 Å². The summed E-state index contributed by atoms with van der Waals surface area (Å²) in [6.45, 7) is 9.15. The van der Waals surface area contributed by atoms with Crippen LogP contribution in [0.5, 0.6) is 0 Å². The minimum absolute atomic E-state index is 0.181. The third kappa shape index (κ3) is 5.10. The molecule has 0 radical (unpaired) electrons. The molecule has 1 aromatic rings. The number of nitrogens with zero attached hydrogens (tertiary/aromatic N) is 2. The molecule has 1 saturated heterocycles. The summed E-state index contributed by atoms with van der Waals surface area (Å²) >= 11 is 5.39. The van der Waals surface area contributed by atoms with Crippen molar-refractivity contribution >= 4 is 17.3 Å². The Morgan fingerprint density at radius 3 is 2.71 bits per heavy atom. The van der Waals surface area contributed by atoms with Crippen LogP contribution in [0.15, 0.2) is 36.9 Å². The summed E-state index contributed by atoms with van der Waals surface area (Å²) in [5, 5.41) is 3.98. The summed E-state index contributed by atoms with van der Waals surface area (Å²) in [4.78, 5) is 4.60. The maximum atomic E-state index is 12.9. The van der Waals surface area contributed by atoms with Gasteiger partial charge in [0.1, 0.15) is 5.82 Å². The number of halogens is 1. The van der Waals surface area contributed by atoms with E-state index in [0.29, 0.717) is 6.54 Å². The van der Waals surface area contributed by atoms with Gasteiger partial charge in [0, 0.05) is 39.3 Å². The molecule has 2 rings (SSSR count). The van der Waals surface area contributed by atoms with Gasteiger partial charge in [-0.15, -0.1) is 6.58 Å². The van der Waals surface area contributed by atoms with Crippen LogP contribution in [-0.4, -0.2) is 47.6 Å². The predicted octanol–water partition coefficient (Wildman–Crippen LogP) is 2.39. The SMILES string of the molecule is C=CCNC(=S)N1CCCN(Cc2ccc(F)cc2)CC1. The normalized spacial score (nSPS) is 16.3. The average Bonchev–Trinajstić information content (AvgIpc) is 2.73. The quantitative estimate of drug-likeness (QED) is 0.680. The highest BCUT2D eigenvalue weighted by atomic mass is 32.1. The maximum Gasteiger partial charge on any atom is 0.169 e. The monoisotopic (exact) mass is 307 g/mol. The zero-order chi connectivity index (χ0) is 15.1. The summed E-state index contributed by atoms with van der Waals surface area (Å²) in [7, 11) is 0. The number of hydrogen-bond donors (Lipinski definition) is 1. The van der Waals surface area contributed by atoms with Crippen LogP contribution in [0.2, 0.25) is 0 Å². The molecule has 114 valence electrons. The highest BCUT2D eigenvalue weighted by molar-refractivity contribution is 7.80. The second-order valence-electron chi connectivity index (χ2n) is 5.22. The molecular formula is C16H22FN3S. The molecule has 5 heteroatoms. The van der Waals surface area contributed by atoms with Gasteiger partial charge in [-0.2, -0.15) is 0 Å². The van der Waals surface area contributed by atoms with Crippen LogP contribution in [0.1, 0.15) is 12.0 Å². The van der Waals surface area contributed by atoms with Gasteiger partial charge < -0.3 is 10.2 Å². The number of rotatable bonds is 4. The zero-order valence-electron chi connectivity index (χ0n) is 12.2. The molecule has 3 nitrogen and oxygen atoms in total. The molecule has 0 aliphatic carbocycles. The van der Waals surface area contributed by atoms with E-state index in [1.165, 1.54) is 12.1 Å². The fraction of sp³-hybridized carbons (Fsp3) is 0.438. The van der Waals surface area contributed by atoms with Gasteiger partial charge in [-0.25, -0.2) is 4.39 Å². The van der Waals surface area contributed by atoms with Gasteiger partial charge >= 0.3 is 0 Å². The lowest BCUT2D eigenvalue weighted by atomic mass is 10.2. The largest absolute Gasteiger partial charge is 0.359 e. The van der Waals surface area contributed by atoms with Crippen molar-refractivity contribution in [2.45, 2.75) is 13.0 Å². The summed E-state index contributed by atoms with van der Waals surface area (Å²) in [6, 6.07) is 6.75. The van der Waals surface area contributed by atoms with Crippen LogP contribution in [-0.2, 0) is 6.54 Å². The lowest BCUT2D eigenvalue weighted by molar-refractivity contribution is 0.277. The summed E-state index contributed by atoms with van der Waals surface area (Å²) < 4.78 is 12.9. The van der Waals surface area contributed by atoms with Crippen LogP contribution in [0.3, 0.4) is 0 Å². The Balaban J connectivity index is 1.84. The minimum atomic E-state index is -0.181. The highest BCUT2D eigenvalue weighted by Crippen LogP contribution is 2.10. The third-order valence-electron chi connectivity index (χ3n) is 3.59. The van der Waals surface area contributed by atoms with Gasteiger partial charge in [-0.05, 0) is 36.3 Å². The van der Waals surface area contributed by atoms with Gasteiger partial charge in [-0.1, -0.05) is 18.2 Å². The fourth-order valence-corrected chi connectivity index (χ4v) is 2.72. The smallest absolute Gasteiger partial charge is 0.169 e. The highest BCUT2D eigenvalue weighted by Gasteiger charge is 2.16. The average molecular weight is 307 g/mol. The molecular weight excluding hydrogens is 285 g/mol. The van der Waals surface area contributed by atoms with Gasteiger partial charge in [0.25, 0.3) is 0 Å². The fourth-order valence-electron chi connectivity index (χ4n) is 2.45. The van der Waals surface area contributed by atoms with E-state index in [4.69, 9.17) is 12.2 Å². The molecule has 1 aliphatic heterocycles. The summed E-state index contributed by atoms with van der Waals surface area (Å²) in [6.07, 6.45) is 2.89. The van der Waals surface area contributed by atoms with Crippen molar-refractivity contribution in [1.82, 2.24) is 15.1 Å². The number of hydrogen-bond acceptors (Lipinski definition) is 2. The first-order valence-electron chi connectivity index (χ1n) is 7.29. The van der Waals surface area contributed by atoms with E-state index in [1.54, 1.807) is 0 Å². The first-order valence-corrected chi connectivity index (χ1v) is 7.70. The van der Waals surface area contributed by atoms with Crippen LogP contribution in [0.25, 0.3) is 0 Å². The maximum absolute atomic E-state index is 12.9. The standard InChI is InChI=1S/C16H22FN3S/c1-2-8-18-16(21)20-10-3-9-19(11-12-20)13-14-4-6-15(17)7-5-14/h2,4-7H,1,3,8-13H2,(H,18,21). The first-order chi connectivity index (χ1) is 10.2. The Hall–Kier alpha value is -1.46. The van der Waals surface area contributed by atoms with Crippen LogP contribution in [0, 0.1) is 5.82 Å². The molecule has 0 saturated carbocycles. The van der Waals surface area contributed by atoms with Crippen LogP contribution < -0.4 is 5.32 Å². The Bertz CT molecular complexity index is 475. The van der Waals surface area contributed by atoms with Crippen molar-refractivity contribution in [3.8, 4) is 0 Å². The van der Waals surface area contributed by atoms with E-state index in [0.717, 1.165) is 49.8 Å². The predicted molar refractivity (Wildman–Crippen MR) is 88.7 cm³/mol. The second kappa shape index (κ2) is 8.10. The first kappa shape index (κ1) is 15.9. The third-order valence-corrected chi connectivity index (χ3v) is 4.00. The molecule has 21 heavy (non-hydrogen) atoms. The van der Waals surface area contributed by atoms with E-state index in [1.807, 2.05) is 18.2 Å². The number of benzene rings is 1. The Kier molecular flexibility index (Phi) is 6.14. The molecule has 0 aromatic heterocycles. The van der Waals surface area contributed by atoms with Crippen LogP contribution >= 0.6 is 12.2 Å². The van der Waals surface area contributed by atoms with Crippen LogP contribution in [0.4, 0.5) is 4.39 Å². The van der Waals surface area contributed by atoms with Crippen molar-refractivity contribution in [3.05, 3.63) is 48.3 Å². The van der Waals surface area contributed by atoms with E-state index in [9.17, 15) is 4.39 Å². The van der Waals surface area contributed by atoms with Gasteiger partial charge in [0.15, 0.2) is 5.11 Å². The molecule has 1 fully saturated rings. The van der Waals surface area contributed by atoms with E-state index in [2.05, 4.69) is 21.7 Å². The number of nitrogens with one attached hydrogen (secondary N) is 1. The zero-order valence-corrected chi connectivity index (χ0v) is 13.0. The molecule has 1 heterocycles. The van der Waals surface area contributed by atoms with E-state index >= 15 is 0 Å². The van der Waals surface area contributed by atoms with Crippen molar-refractivity contribution in [3.63, 3.8) is 0 Å².